The number of rotatable bonds is 5. The van der Waals surface area contributed by atoms with Crippen LogP contribution in [-0.4, -0.2) is 83.8 Å². The zero-order chi connectivity index (χ0) is 17.7. The Hall–Kier alpha value is -1.18. The maximum Gasteiger partial charge on any atom is 0.252 e. The van der Waals surface area contributed by atoms with Gasteiger partial charge in [-0.1, -0.05) is 0 Å². The first-order valence-corrected chi connectivity index (χ1v) is 8.98. The predicted molar refractivity (Wildman–Crippen MR) is 90.5 cm³/mol. The van der Waals surface area contributed by atoms with E-state index in [1.807, 2.05) is 18.7 Å². The van der Waals surface area contributed by atoms with Gasteiger partial charge in [0.25, 0.3) is 5.91 Å². The lowest BCUT2D eigenvalue weighted by atomic mass is 9.98. The Bertz CT molecular complexity index is 436. The van der Waals surface area contributed by atoms with E-state index in [2.05, 4.69) is 10.2 Å². The molecule has 0 radical (unpaired) electrons. The van der Waals surface area contributed by atoms with Crippen LogP contribution in [0.25, 0.3) is 0 Å². The topological polar surface area (TPSA) is 82.1 Å². The molecule has 0 saturated carbocycles. The monoisotopic (exact) mass is 341 g/mol. The lowest BCUT2D eigenvalue weighted by Crippen LogP contribution is -2.51. The standard InChI is InChI=1S/C17H31N3O4/c1-12(2)18-17(23)16-15(22)5-4-14(24-16)6-7-19-8-10-20(11-9-19)13(3)21/h12,14-16,22H,4-11H2,1-3H3,(H,18,23)/t14-,15-,16-/m0/s1. The first-order valence-electron chi connectivity index (χ1n) is 8.98. The summed E-state index contributed by atoms with van der Waals surface area (Å²) < 4.78 is 5.86. The summed E-state index contributed by atoms with van der Waals surface area (Å²) in [5, 5.41) is 12.8. The van der Waals surface area contributed by atoms with E-state index in [4.69, 9.17) is 4.74 Å². The molecule has 7 heteroatoms. The largest absolute Gasteiger partial charge is 0.390 e. The van der Waals surface area contributed by atoms with E-state index in [-0.39, 0.29) is 24.0 Å². The third-order valence-corrected chi connectivity index (χ3v) is 4.75. The minimum Gasteiger partial charge on any atom is -0.390 e. The van der Waals surface area contributed by atoms with Gasteiger partial charge in [-0.15, -0.1) is 0 Å². The van der Waals surface area contributed by atoms with Gasteiger partial charge in [-0.2, -0.15) is 0 Å². The SMILES string of the molecule is CC(=O)N1CCN(CC[C@@H]2CC[C@H](O)[C@@H](C(=O)NC(C)C)O2)CC1. The van der Waals surface area contributed by atoms with Crippen LogP contribution in [0.4, 0.5) is 0 Å². The number of carbonyl (C=O) groups excluding carboxylic acids is 2. The van der Waals surface area contributed by atoms with Crippen LogP contribution in [0.2, 0.25) is 0 Å². The zero-order valence-corrected chi connectivity index (χ0v) is 15.0. The van der Waals surface area contributed by atoms with E-state index in [1.54, 1.807) is 6.92 Å². The summed E-state index contributed by atoms with van der Waals surface area (Å²) in [6, 6.07) is 0.0336. The number of nitrogens with one attached hydrogen (secondary N) is 1. The molecular formula is C17H31N3O4. The van der Waals surface area contributed by atoms with Crippen LogP contribution in [0.1, 0.15) is 40.0 Å². The molecule has 0 bridgehead atoms. The molecule has 0 aromatic heterocycles. The number of carbonyl (C=O) groups is 2. The molecule has 2 aliphatic rings. The van der Waals surface area contributed by atoms with E-state index in [9.17, 15) is 14.7 Å². The van der Waals surface area contributed by atoms with Crippen LogP contribution in [0.3, 0.4) is 0 Å². The Morgan fingerprint density at radius 1 is 1.21 bits per heavy atom. The van der Waals surface area contributed by atoms with E-state index < -0.39 is 12.2 Å². The fourth-order valence-corrected chi connectivity index (χ4v) is 3.30. The van der Waals surface area contributed by atoms with Crippen molar-refractivity contribution in [2.45, 2.75) is 64.4 Å². The molecule has 2 heterocycles. The zero-order valence-electron chi connectivity index (χ0n) is 15.0. The van der Waals surface area contributed by atoms with Crippen molar-refractivity contribution in [2.75, 3.05) is 32.7 Å². The van der Waals surface area contributed by atoms with Crippen LogP contribution in [0.15, 0.2) is 0 Å². The molecule has 2 aliphatic heterocycles. The summed E-state index contributed by atoms with van der Waals surface area (Å²) in [4.78, 5) is 27.7. The Morgan fingerprint density at radius 3 is 2.46 bits per heavy atom. The molecule has 2 rings (SSSR count). The van der Waals surface area contributed by atoms with Gasteiger partial charge in [0, 0.05) is 45.7 Å². The number of aliphatic hydroxyl groups is 1. The fourth-order valence-electron chi connectivity index (χ4n) is 3.30. The van der Waals surface area contributed by atoms with Crippen molar-refractivity contribution in [3.63, 3.8) is 0 Å². The average molecular weight is 341 g/mol. The van der Waals surface area contributed by atoms with Crippen LogP contribution >= 0.6 is 0 Å². The van der Waals surface area contributed by atoms with Gasteiger partial charge in [0.15, 0.2) is 6.10 Å². The summed E-state index contributed by atoms with van der Waals surface area (Å²) in [5.74, 6) is -0.0875. The van der Waals surface area contributed by atoms with Gasteiger partial charge in [-0.3, -0.25) is 14.5 Å². The molecule has 24 heavy (non-hydrogen) atoms. The maximum absolute atomic E-state index is 12.1. The van der Waals surface area contributed by atoms with Crippen molar-refractivity contribution in [1.29, 1.82) is 0 Å². The Kier molecular flexibility index (Phi) is 7.01. The van der Waals surface area contributed by atoms with Gasteiger partial charge in [-0.25, -0.2) is 0 Å². The van der Waals surface area contributed by atoms with Gasteiger partial charge in [0.05, 0.1) is 12.2 Å². The quantitative estimate of drug-likeness (QED) is 0.734. The third-order valence-electron chi connectivity index (χ3n) is 4.75. The first kappa shape index (κ1) is 19.1. The smallest absolute Gasteiger partial charge is 0.252 e. The van der Waals surface area contributed by atoms with Crippen molar-refractivity contribution < 1.29 is 19.4 Å². The lowest BCUT2D eigenvalue weighted by molar-refractivity contribution is -0.159. The number of nitrogens with zero attached hydrogens (tertiary/aromatic N) is 2. The fraction of sp³-hybridized carbons (Fsp3) is 0.882. The number of aliphatic hydroxyl groups excluding tert-OH is 1. The number of hydrogen-bond donors (Lipinski definition) is 2. The number of amides is 2. The molecule has 2 saturated heterocycles. The van der Waals surface area contributed by atoms with Crippen molar-refractivity contribution in [1.82, 2.24) is 15.1 Å². The summed E-state index contributed by atoms with van der Waals surface area (Å²) in [7, 11) is 0. The number of piperazine rings is 1. The Labute approximate surface area is 144 Å². The number of hydrogen-bond acceptors (Lipinski definition) is 5. The molecule has 7 nitrogen and oxygen atoms in total. The molecule has 2 amide bonds. The summed E-state index contributed by atoms with van der Waals surface area (Å²) in [5.41, 5.74) is 0. The molecular weight excluding hydrogens is 310 g/mol. The molecule has 3 atom stereocenters. The van der Waals surface area contributed by atoms with Gasteiger partial charge in [0.1, 0.15) is 0 Å². The maximum atomic E-state index is 12.1. The van der Waals surface area contributed by atoms with Gasteiger partial charge in [0.2, 0.25) is 5.91 Å². The van der Waals surface area contributed by atoms with E-state index in [0.717, 1.165) is 45.6 Å². The Morgan fingerprint density at radius 2 is 1.88 bits per heavy atom. The summed E-state index contributed by atoms with van der Waals surface area (Å²) in [6.07, 6.45) is 0.735. The first-order chi connectivity index (χ1) is 11.4. The predicted octanol–water partition coefficient (Wildman–Crippen LogP) is -0.0263. The minimum atomic E-state index is -0.763. The highest BCUT2D eigenvalue weighted by atomic mass is 16.5. The highest BCUT2D eigenvalue weighted by Crippen LogP contribution is 2.22. The van der Waals surface area contributed by atoms with E-state index in [1.165, 1.54) is 0 Å². The molecule has 2 N–H and O–H groups in total. The molecule has 0 aliphatic carbocycles. The average Bonchev–Trinajstić information content (AvgIpc) is 2.53. The van der Waals surface area contributed by atoms with Crippen molar-refractivity contribution >= 4 is 11.8 Å². The molecule has 2 fully saturated rings. The van der Waals surface area contributed by atoms with Crippen LogP contribution in [0, 0.1) is 0 Å². The van der Waals surface area contributed by atoms with Gasteiger partial charge >= 0.3 is 0 Å². The van der Waals surface area contributed by atoms with Gasteiger partial charge in [-0.05, 0) is 33.1 Å². The second-order valence-electron chi connectivity index (χ2n) is 7.12. The normalized spacial score (nSPS) is 28.9. The molecule has 0 unspecified atom stereocenters. The highest BCUT2D eigenvalue weighted by Gasteiger charge is 2.35. The van der Waals surface area contributed by atoms with Crippen molar-refractivity contribution in [3.8, 4) is 0 Å². The Balaban J connectivity index is 1.75. The van der Waals surface area contributed by atoms with Gasteiger partial charge < -0.3 is 20.1 Å². The second-order valence-corrected chi connectivity index (χ2v) is 7.12. The van der Waals surface area contributed by atoms with Crippen LogP contribution < -0.4 is 5.32 Å². The summed E-state index contributed by atoms with van der Waals surface area (Å²) in [6.45, 7) is 9.61. The van der Waals surface area contributed by atoms with Crippen molar-refractivity contribution in [2.24, 2.45) is 0 Å². The lowest BCUT2D eigenvalue weighted by Gasteiger charge is -2.37. The molecule has 0 spiro atoms. The third kappa shape index (κ3) is 5.43. The van der Waals surface area contributed by atoms with Crippen LogP contribution in [0.5, 0.6) is 0 Å². The van der Waals surface area contributed by atoms with Crippen LogP contribution in [-0.2, 0) is 14.3 Å². The van der Waals surface area contributed by atoms with E-state index in [0.29, 0.717) is 6.42 Å². The number of ether oxygens (including phenoxy) is 1. The second kappa shape index (κ2) is 8.78. The highest BCUT2D eigenvalue weighted by molar-refractivity contribution is 5.81. The summed E-state index contributed by atoms with van der Waals surface area (Å²) >= 11 is 0. The van der Waals surface area contributed by atoms with Crippen molar-refractivity contribution in [3.05, 3.63) is 0 Å². The molecule has 138 valence electrons. The van der Waals surface area contributed by atoms with E-state index >= 15 is 0 Å². The molecule has 0 aromatic carbocycles. The molecule has 0 aromatic rings. The minimum absolute atomic E-state index is 0.00199.